The third kappa shape index (κ3) is 2.41. The largest absolute Gasteiger partial charge is 0.368 e. The molecule has 5 nitrogen and oxygen atoms in total. The van der Waals surface area contributed by atoms with Gasteiger partial charge in [0, 0.05) is 18.6 Å². The first-order chi connectivity index (χ1) is 8.83. The molecule has 1 amide bonds. The highest BCUT2D eigenvalue weighted by atomic mass is 16.5. The van der Waals surface area contributed by atoms with Gasteiger partial charge >= 0.3 is 0 Å². The summed E-state index contributed by atoms with van der Waals surface area (Å²) >= 11 is 0. The van der Waals surface area contributed by atoms with Gasteiger partial charge in [-0.25, -0.2) is 0 Å². The van der Waals surface area contributed by atoms with E-state index < -0.39 is 0 Å². The van der Waals surface area contributed by atoms with Gasteiger partial charge in [-0.15, -0.1) is 0 Å². The van der Waals surface area contributed by atoms with Crippen LogP contribution in [-0.2, 0) is 9.53 Å². The molecule has 18 heavy (non-hydrogen) atoms. The number of nitrogens with one attached hydrogen (secondary N) is 1. The van der Waals surface area contributed by atoms with Gasteiger partial charge in [0.1, 0.15) is 6.10 Å². The van der Waals surface area contributed by atoms with Gasteiger partial charge in [0.25, 0.3) is 5.91 Å². The average molecular weight is 250 g/mol. The van der Waals surface area contributed by atoms with Crippen LogP contribution in [0.1, 0.15) is 50.1 Å². The number of carbonyl (C=O) groups is 1. The standard InChI is InChI=1S/C13H18N2O3/c16-13(11-6-3-7-17-11)14-12-8-10(15-18-12)9-4-1-2-5-9/h8-9,11H,1-7H2,(H,14,16)/t11-/m1/s1. The number of nitrogens with zero attached hydrogens (tertiary/aromatic N) is 1. The van der Waals surface area contributed by atoms with Crippen molar-refractivity contribution in [1.29, 1.82) is 0 Å². The molecule has 1 N–H and O–H groups in total. The third-order valence-electron chi connectivity index (χ3n) is 3.77. The number of ether oxygens (including phenoxy) is 1. The topological polar surface area (TPSA) is 64.4 Å². The summed E-state index contributed by atoms with van der Waals surface area (Å²) in [4.78, 5) is 11.8. The fourth-order valence-corrected chi connectivity index (χ4v) is 2.75. The lowest BCUT2D eigenvalue weighted by atomic mass is 10.0. The lowest BCUT2D eigenvalue weighted by molar-refractivity contribution is -0.124. The van der Waals surface area contributed by atoms with Crippen LogP contribution in [0.25, 0.3) is 0 Å². The van der Waals surface area contributed by atoms with Crippen molar-refractivity contribution in [3.05, 3.63) is 11.8 Å². The predicted octanol–water partition coefficient (Wildman–Crippen LogP) is 2.45. The Kier molecular flexibility index (Phi) is 3.32. The van der Waals surface area contributed by atoms with Crippen LogP contribution in [0.2, 0.25) is 0 Å². The molecule has 5 heteroatoms. The van der Waals surface area contributed by atoms with E-state index in [2.05, 4.69) is 10.5 Å². The Balaban J connectivity index is 1.60. The zero-order valence-corrected chi connectivity index (χ0v) is 10.4. The number of amides is 1. The SMILES string of the molecule is O=C(Nc1cc(C2CCCC2)no1)[C@H]1CCCO1. The van der Waals surface area contributed by atoms with Crippen molar-refractivity contribution >= 4 is 11.8 Å². The molecule has 0 aromatic carbocycles. The lowest BCUT2D eigenvalue weighted by Crippen LogP contribution is -2.26. The predicted molar refractivity (Wildman–Crippen MR) is 65.3 cm³/mol. The summed E-state index contributed by atoms with van der Waals surface area (Å²) in [6.07, 6.45) is 6.27. The van der Waals surface area contributed by atoms with Crippen molar-refractivity contribution in [3.8, 4) is 0 Å². The second kappa shape index (κ2) is 5.10. The van der Waals surface area contributed by atoms with Crippen molar-refractivity contribution < 1.29 is 14.1 Å². The average Bonchev–Trinajstić information content (AvgIpc) is 3.12. The van der Waals surface area contributed by atoms with Crippen LogP contribution in [0.5, 0.6) is 0 Å². The second-order valence-corrected chi connectivity index (χ2v) is 5.09. The minimum Gasteiger partial charge on any atom is -0.368 e. The summed E-state index contributed by atoms with van der Waals surface area (Å²) in [6.45, 7) is 0.668. The number of aromatic nitrogens is 1. The van der Waals surface area contributed by atoms with Crippen molar-refractivity contribution in [2.24, 2.45) is 0 Å². The Labute approximate surface area is 106 Å². The van der Waals surface area contributed by atoms with Gasteiger partial charge in [-0.3, -0.25) is 10.1 Å². The zero-order chi connectivity index (χ0) is 12.4. The van der Waals surface area contributed by atoms with E-state index in [1.807, 2.05) is 6.07 Å². The quantitative estimate of drug-likeness (QED) is 0.895. The summed E-state index contributed by atoms with van der Waals surface area (Å²) < 4.78 is 10.5. The number of hydrogen-bond donors (Lipinski definition) is 1. The Hall–Kier alpha value is -1.36. The first-order valence-corrected chi connectivity index (χ1v) is 6.72. The van der Waals surface area contributed by atoms with Gasteiger partial charge in [0.15, 0.2) is 0 Å². The molecular weight excluding hydrogens is 232 g/mol. The first-order valence-electron chi connectivity index (χ1n) is 6.72. The molecule has 2 heterocycles. The third-order valence-corrected chi connectivity index (χ3v) is 3.77. The molecule has 1 saturated heterocycles. The molecule has 1 atom stereocenters. The van der Waals surface area contributed by atoms with Gasteiger partial charge in [-0.1, -0.05) is 18.0 Å². The molecule has 1 aliphatic carbocycles. The molecule has 0 radical (unpaired) electrons. The molecule has 2 aliphatic rings. The molecule has 0 bridgehead atoms. The van der Waals surface area contributed by atoms with E-state index in [0.29, 0.717) is 18.4 Å². The Morgan fingerprint density at radius 1 is 1.28 bits per heavy atom. The van der Waals surface area contributed by atoms with Crippen molar-refractivity contribution in [3.63, 3.8) is 0 Å². The fraction of sp³-hybridized carbons (Fsp3) is 0.692. The highest BCUT2D eigenvalue weighted by Crippen LogP contribution is 2.34. The Bertz CT molecular complexity index is 418. The molecule has 2 fully saturated rings. The maximum Gasteiger partial charge on any atom is 0.255 e. The highest BCUT2D eigenvalue weighted by molar-refractivity contribution is 5.93. The monoisotopic (exact) mass is 250 g/mol. The zero-order valence-electron chi connectivity index (χ0n) is 10.4. The van der Waals surface area contributed by atoms with Crippen LogP contribution < -0.4 is 5.32 Å². The molecule has 98 valence electrons. The van der Waals surface area contributed by atoms with Crippen LogP contribution in [0.15, 0.2) is 10.6 Å². The second-order valence-electron chi connectivity index (χ2n) is 5.09. The summed E-state index contributed by atoms with van der Waals surface area (Å²) in [5, 5.41) is 6.78. The maximum absolute atomic E-state index is 11.8. The summed E-state index contributed by atoms with van der Waals surface area (Å²) in [5.74, 6) is 0.821. The highest BCUT2D eigenvalue weighted by Gasteiger charge is 2.25. The molecule has 3 rings (SSSR count). The van der Waals surface area contributed by atoms with Crippen LogP contribution >= 0.6 is 0 Å². The summed E-state index contributed by atoms with van der Waals surface area (Å²) in [6, 6.07) is 1.85. The lowest BCUT2D eigenvalue weighted by Gasteiger charge is -2.07. The molecular formula is C13H18N2O3. The minimum absolute atomic E-state index is 0.123. The van der Waals surface area contributed by atoms with Crippen LogP contribution in [-0.4, -0.2) is 23.8 Å². The molecule has 1 aromatic rings. The number of hydrogen-bond acceptors (Lipinski definition) is 4. The summed E-state index contributed by atoms with van der Waals surface area (Å²) in [7, 11) is 0. The normalized spacial score (nSPS) is 24.6. The maximum atomic E-state index is 11.8. The smallest absolute Gasteiger partial charge is 0.255 e. The molecule has 0 spiro atoms. The van der Waals surface area contributed by atoms with Crippen LogP contribution in [0.3, 0.4) is 0 Å². The number of anilines is 1. The van der Waals surface area contributed by atoms with Gasteiger partial charge < -0.3 is 9.26 Å². The van der Waals surface area contributed by atoms with Gasteiger partial charge in [-0.05, 0) is 25.7 Å². The van der Waals surface area contributed by atoms with Crippen LogP contribution in [0, 0.1) is 0 Å². The van der Waals surface area contributed by atoms with Crippen molar-refractivity contribution in [2.75, 3.05) is 11.9 Å². The fourth-order valence-electron chi connectivity index (χ4n) is 2.75. The molecule has 1 aromatic heterocycles. The minimum atomic E-state index is -0.329. The Morgan fingerprint density at radius 2 is 2.11 bits per heavy atom. The molecule has 1 saturated carbocycles. The van der Waals surface area contributed by atoms with Gasteiger partial charge in [-0.2, -0.15) is 0 Å². The van der Waals surface area contributed by atoms with Gasteiger partial charge in [0.05, 0.1) is 5.69 Å². The van der Waals surface area contributed by atoms with E-state index in [-0.39, 0.29) is 12.0 Å². The number of carbonyl (C=O) groups excluding carboxylic acids is 1. The molecule has 1 aliphatic heterocycles. The van der Waals surface area contributed by atoms with E-state index in [1.54, 1.807) is 0 Å². The first kappa shape index (κ1) is 11.7. The van der Waals surface area contributed by atoms with E-state index in [4.69, 9.17) is 9.26 Å². The van der Waals surface area contributed by atoms with Crippen molar-refractivity contribution in [2.45, 2.75) is 50.5 Å². The summed E-state index contributed by atoms with van der Waals surface area (Å²) in [5.41, 5.74) is 0.968. The van der Waals surface area contributed by atoms with Gasteiger partial charge in [0.2, 0.25) is 5.88 Å². The van der Waals surface area contributed by atoms with E-state index in [9.17, 15) is 4.79 Å². The number of rotatable bonds is 3. The van der Waals surface area contributed by atoms with E-state index in [0.717, 1.165) is 18.5 Å². The van der Waals surface area contributed by atoms with Crippen LogP contribution in [0.4, 0.5) is 5.88 Å². The van der Waals surface area contributed by atoms with E-state index in [1.165, 1.54) is 25.7 Å². The Morgan fingerprint density at radius 3 is 2.83 bits per heavy atom. The van der Waals surface area contributed by atoms with Crippen molar-refractivity contribution in [1.82, 2.24) is 5.16 Å². The molecule has 0 unspecified atom stereocenters. The van der Waals surface area contributed by atoms with E-state index >= 15 is 0 Å².